The molecule has 0 aliphatic heterocycles. The highest BCUT2D eigenvalue weighted by atomic mass is 35.5. The zero-order valence-corrected chi connectivity index (χ0v) is 17.1. The van der Waals surface area contributed by atoms with E-state index in [2.05, 4.69) is 26.7 Å². The van der Waals surface area contributed by atoms with E-state index in [4.69, 9.17) is 16.9 Å². The smallest absolute Gasteiger partial charge is 0.101 e. The Morgan fingerprint density at radius 1 is 1.00 bits per heavy atom. The molecule has 0 fully saturated rings. The van der Waals surface area contributed by atoms with Crippen molar-refractivity contribution in [3.05, 3.63) is 107 Å². The average molecular weight is 417 g/mol. The number of benzene rings is 2. The van der Waals surface area contributed by atoms with Gasteiger partial charge in [0.15, 0.2) is 0 Å². The lowest BCUT2D eigenvalue weighted by Gasteiger charge is -2.09. The van der Waals surface area contributed by atoms with E-state index in [-0.39, 0.29) is 0 Å². The molecule has 0 saturated carbocycles. The van der Waals surface area contributed by atoms with Gasteiger partial charge < -0.3 is 4.57 Å². The van der Waals surface area contributed by atoms with Gasteiger partial charge in [-0.05, 0) is 47.5 Å². The fraction of sp³-hybridized carbons (Fsp3) is 0.0870. The fourth-order valence-electron chi connectivity index (χ4n) is 2.96. The van der Waals surface area contributed by atoms with Gasteiger partial charge in [0.25, 0.3) is 0 Å². The van der Waals surface area contributed by atoms with Gasteiger partial charge in [0, 0.05) is 34.4 Å². The van der Waals surface area contributed by atoms with Crippen molar-refractivity contribution in [1.82, 2.24) is 14.5 Å². The summed E-state index contributed by atoms with van der Waals surface area (Å²) >= 11 is 7.64. The standard InChI is InChI=1S/C23H17ClN4S/c24-20-2-1-3-22(11-20)29-23-9-8-19(13-27-23)15-28-16-26-14-21(28)10-17-4-6-18(12-25)7-5-17/h1-9,11,13-14,16H,10,15H2. The van der Waals surface area contributed by atoms with E-state index in [9.17, 15) is 0 Å². The lowest BCUT2D eigenvalue weighted by atomic mass is 10.1. The molecule has 0 saturated heterocycles. The summed E-state index contributed by atoms with van der Waals surface area (Å²) < 4.78 is 2.12. The number of rotatable bonds is 6. The van der Waals surface area contributed by atoms with Gasteiger partial charge in [-0.1, -0.05) is 47.6 Å². The fourth-order valence-corrected chi connectivity index (χ4v) is 4.03. The third-order valence-corrected chi connectivity index (χ3v) is 5.61. The van der Waals surface area contributed by atoms with Gasteiger partial charge in [-0.3, -0.25) is 0 Å². The summed E-state index contributed by atoms with van der Waals surface area (Å²) in [6.45, 7) is 0.709. The van der Waals surface area contributed by atoms with E-state index in [1.165, 1.54) is 0 Å². The molecule has 2 aromatic heterocycles. The minimum atomic E-state index is 0.670. The van der Waals surface area contributed by atoms with Crippen LogP contribution in [0.3, 0.4) is 0 Å². The first kappa shape index (κ1) is 19.3. The highest BCUT2D eigenvalue weighted by molar-refractivity contribution is 7.99. The minimum absolute atomic E-state index is 0.670. The van der Waals surface area contributed by atoms with Crippen molar-refractivity contribution in [3.8, 4) is 6.07 Å². The third-order valence-electron chi connectivity index (χ3n) is 4.44. The zero-order valence-electron chi connectivity index (χ0n) is 15.5. The van der Waals surface area contributed by atoms with E-state index in [1.807, 2.05) is 73.3 Å². The maximum Gasteiger partial charge on any atom is 0.101 e. The summed E-state index contributed by atoms with van der Waals surface area (Å²) in [5.41, 5.74) is 4.05. The Balaban J connectivity index is 1.43. The van der Waals surface area contributed by atoms with Crippen LogP contribution in [0.4, 0.5) is 0 Å². The van der Waals surface area contributed by atoms with Crippen LogP contribution in [0.15, 0.2) is 89.3 Å². The van der Waals surface area contributed by atoms with Crippen molar-refractivity contribution in [3.63, 3.8) is 0 Å². The quantitative estimate of drug-likeness (QED) is 0.411. The largest absolute Gasteiger partial charge is 0.330 e. The Kier molecular flexibility index (Phi) is 5.95. The maximum atomic E-state index is 8.93. The molecule has 0 atom stereocenters. The summed E-state index contributed by atoms with van der Waals surface area (Å²) in [4.78, 5) is 9.94. The summed E-state index contributed by atoms with van der Waals surface area (Å²) in [5, 5.41) is 10.6. The normalized spacial score (nSPS) is 10.6. The number of nitrogens with zero attached hydrogens (tertiary/aromatic N) is 4. The minimum Gasteiger partial charge on any atom is -0.330 e. The highest BCUT2D eigenvalue weighted by Gasteiger charge is 2.06. The molecular weight excluding hydrogens is 400 g/mol. The molecule has 0 radical (unpaired) electrons. The van der Waals surface area contributed by atoms with E-state index < -0.39 is 0 Å². The van der Waals surface area contributed by atoms with Crippen LogP contribution in [-0.2, 0) is 13.0 Å². The SMILES string of the molecule is N#Cc1ccc(Cc2cncn2Cc2ccc(Sc3cccc(Cl)c3)nc2)cc1. The van der Waals surface area contributed by atoms with Crippen LogP contribution in [0, 0.1) is 11.3 Å². The number of aromatic nitrogens is 3. The van der Waals surface area contributed by atoms with Crippen molar-refractivity contribution in [2.75, 3.05) is 0 Å². The highest BCUT2D eigenvalue weighted by Crippen LogP contribution is 2.28. The second-order valence-corrected chi connectivity index (χ2v) is 8.09. The predicted octanol–water partition coefficient (Wildman–Crippen LogP) is 5.59. The molecule has 0 spiro atoms. The van der Waals surface area contributed by atoms with Crippen LogP contribution in [-0.4, -0.2) is 14.5 Å². The Morgan fingerprint density at radius 3 is 2.55 bits per heavy atom. The van der Waals surface area contributed by atoms with E-state index in [0.29, 0.717) is 12.1 Å². The number of hydrogen-bond donors (Lipinski definition) is 0. The molecule has 0 bridgehead atoms. The van der Waals surface area contributed by atoms with E-state index >= 15 is 0 Å². The molecule has 0 unspecified atom stereocenters. The third kappa shape index (κ3) is 5.05. The molecule has 0 aliphatic rings. The molecule has 4 rings (SSSR count). The molecule has 0 N–H and O–H groups in total. The summed E-state index contributed by atoms with van der Waals surface area (Å²) in [6, 6.07) is 21.7. The van der Waals surface area contributed by atoms with E-state index in [1.54, 1.807) is 11.8 Å². The summed E-state index contributed by atoms with van der Waals surface area (Å²) in [7, 11) is 0. The number of pyridine rings is 1. The van der Waals surface area contributed by atoms with Crippen LogP contribution in [0.5, 0.6) is 0 Å². The Labute approximate surface area is 178 Å². The van der Waals surface area contributed by atoms with Crippen LogP contribution < -0.4 is 0 Å². The van der Waals surface area contributed by atoms with Crippen LogP contribution >= 0.6 is 23.4 Å². The van der Waals surface area contributed by atoms with Crippen molar-refractivity contribution >= 4 is 23.4 Å². The molecular formula is C23H17ClN4S. The molecule has 0 amide bonds. The van der Waals surface area contributed by atoms with Gasteiger partial charge in [-0.25, -0.2) is 9.97 Å². The van der Waals surface area contributed by atoms with Crippen molar-refractivity contribution in [2.45, 2.75) is 22.9 Å². The lowest BCUT2D eigenvalue weighted by Crippen LogP contribution is -2.04. The Morgan fingerprint density at radius 2 is 1.83 bits per heavy atom. The van der Waals surface area contributed by atoms with Gasteiger partial charge in [0.05, 0.1) is 24.5 Å². The van der Waals surface area contributed by atoms with Gasteiger partial charge in [0.2, 0.25) is 0 Å². The van der Waals surface area contributed by atoms with Crippen LogP contribution in [0.1, 0.15) is 22.4 Å². The van der Waals surface area contributed by atoms with Crippen LogP contribution in [0.2, 0.25) is 5.02 Å². The molecule has 142 valence electrons. The second kappa shape index (κ2) is 8.95. The van der Waals surface area contributed by atoms with Crippen LogP contribution in [0.25, 0.3) is 0 Å². The van der Waals surface area contributed by atoms with Crippen molar-refractivity contribution < 1.29 is 0 Å². The second-order valence-electron chi connectivity index (χ2n) is 6.56. The zero-order chi connectivity index (χ0) is 20.1. The van der Waals surface area contributed by atoms with Crippen molar-refractivity contribution in [2.24, 2.45) is 0 Å². The van der Waals surface area contributed by atoms with Gasteiger partial charge in [-0.2, -0.15) is 5.26 Å². The van der Waals surface area contributed by atoms with Gasteiger partial charge in [-0.15, -0.1) is 0 Å². The topological polar surface area (TPSA) is 54.5 Å². The number of imidazole rings is 1. The molecule has 4 aromatic rings. The lowest BCUT2D eigenvalue weighted by molar-refractivity contribution is 0.748. The number of hydrogen-bond acceptors (Lipinski definition) is 4. The monoisotopic (exact) mass is 416 g/mol. The maximum absolute atomic E-state index is 8.93. The molecule has 29 heavy (non-hydrogen) atoms. The predicted molar refractivity (Wildman–Crippen MR) is 115 cm³/mol. The summed E-state index contributed by atoms with van der Waals surface area (Å²) in [5.74, 6) is 0. The molecule has 4 nitrogen and oxygen atoms in total. The first-order chi connectivity index (χ1) is 14.2. The molecule has 6 heteroatoms. The molecule has 2 heterocycles. The van der Waals surface area contributed by atoms with E-state index in [0.717, 1.165) is 38.2 Å². The summed E-state index contributed by atoms with van der Waals surface area (Å²) in [6.07, 6.45) is 6.39. The average Bonchev–Trinajstić information content (AvgIpc) is 3.16. The number of halogens is 1. The molecule has 0 aliphatic carbocycles. The number of nitriles is 1. The van der Waals surface area contributed by atoms with Gasteiger partial charge in [0.1, 0.15) is 5.03 Å². The Bertz CT molecular complexity index is 1140. The van der Waals surface area contributed by atoms with Gasteiger partial charge >= 0.3 is 0 Å². The van der Waals surface area contributed by atoms with Crippen molar-refractivity contribution in [1.29, 1.82) is 5.26 Å². The molecule has 2 aromatic carbocycles. The first-order valence-electron chi connectivity index (χ1n) is 9.06. The Hall–Kier alpha value is -3.07. The first-order valence-corrected chi connectivity index (χ1v) is 10.3.